The summed E-state index contributed by atoms with van der Waals surface area (Å²) < 4.78 is 0. The summed E-state index contributed by atoms with van der Waals surface area (Å²) >= 11 is 3.26. The van der Waals surface area contributed by atoms with Gasteiger partial charge in [-0.25, -0.2) is 0 Å². The largest absolute Gasteiger partial charge is 0.545 e. The van der Waals surface area contributed by atoms with E-state index in [4.69, 9.17) is 0 Å². The van der Waals surface area contributed by atoms with Gasteiger partial charge in [-0.05, 0) is 46.5 Å². The highest BCUT2D eigenvalue weighted by atomic mass is 32.2. The van der Waals surface area contributed by atoms with Crippen LogP contribution in [0.4, 0.5) is 10.8 Å². The van der Waals surface area contributed by atoms with E-state index in [9.17, 15) is 9.90 Å². The van der Waals surface area contributed by atoms with E-state index in [1.54, 1.807) is 11.8 Å². The SMILES string of the molecule is O=C([O-])/C=C/c1ccc(-c2nnc(Nc3cccc(SCc4ccccc4-c4ccccc4)c3)s2)cc1.[NH4+]. The van der Waals surface area contributed by atoms with Crippen molar-refractivity contribution in [2.24, 2.45) is 0 Å². The molecule has 0 aliphatic carbocycles. The fraction of sp³-hybridized carbons (Fsp3) is 0.0333. The average Bonchev–Trinajstić information content (AvgIpc) is 3.40. The molecule has 0 spiro atoms. The van der Waals surface area contributed by atoms with Crippen molar-refractivity contribution in [2.45, 2.75) is 10.6 Å². The van der Waals surface area contributed by atoms with Crippen molar-refractivity contribution in [1.29, 1.82) is 0 Å². The first kappa shape index (κ1) is 26.8. The first-order valence-electron chi connectivity index (χ1n) is 11.6. The van der Waals surface area contributed by atoms with Crippen LogP contribution in [0.5, 0.6) is 0 Å². The minimum Gasteiger partial charge on any atom is -0.545 e. The quantitative estimate of drug-likeness (QED) is 0.154. The van der Waals surface area contributed by atoms with Crippen LogP contribution in [0, 0.1) is 0 Å². The number of quaternary nitrogens is 1. The number of aromatic nitrogens is 2. The van der Waals surface area contributed by atoms with Gasteiger partial charge in [-0.3, -0.25) is 0 Å². The zero-order valence-corrected chi connectivity index (χ0v) is 22.3. The highest BCUT2D eigenvalue weighted by molar-refractivity contribution is 7.98. The van der Waals surface area contributed by atoms with E-state index in [1.165, 1.54) is 34.1 Å². The lowest BCUT2D eigenvalue weighted by Crippen LogP contribution is -2.18. The zero-order chi connectivity index (χ0) is 25.5. The highest BCUT2D eigenvalue weighted by Gasteiger charge is 2.09. The molecule has 5 rings (SSSR count). The molecule has 0 radical (unpaired) electrons. The van der Waals surface area contributed by atoms with Gasteiger partial charge in [0.1, 0.15) is 5.01 Å². The Morgan fingerprint density at radius 3 is 2.42 bits per heavy atom. The van der Waals surface area contributed by atoms with Crippen LogP contribution in [0.1, 0.15) is 11.1 Å². The van der Waals surface area contributed by atoms with Crippen molar-refractivity contribution in [3.8, 4) is 21.7 Å². The van der Waals surface area contributed by atoms with E-state index >= 15 is 0 Å². The van der Waals surface area contributed by atoms with E-state index in [-0.39, 0.29) is 6.15 Å². The maximum Gasteiger partial charge on any atom is 0.210 e. The summed E-state index contributed by atoms with van der Waals surface area (Å²) in [5.74, 6) is -0.352. The number of hydrogen-bond donors (Lipinski definition) is 2. The number of benzene rings is 4. The number of rotatable bonds is 9. The van der Waals surface area contributed by atoms with Gasteiger partial charge in [0.2, 0.25) is 5.13 Å². The molecule has 0 unspecified atom stereocenters. The van der Waals surface area contributed by atoms with Crippen molar-refractivity contribution in [1.82, 2.24) is 16.3 Å². The first-order chi connectivity index (χ1) is 18.1. The number of nitrogens with zero attached hydrogens (tertiary/aromatic N) is 2. The van der Waals surface area contributed by atoms with Gasteiger partial charge in [0, 0.05) is 21.9 Å². The number of carboxylic acid groups (broad SMARTS) is 1. The third-order valence-electron chi connectivity index (χ3n) is 5.58. The molecule has 0 amide bonds. The third-order valence-corrected chi connectivity index (χ3v) is 7.51. The molecule has 4 aromatic carbocycles. The Balaban J connectivity index is 0.00000336. The van der Waals surface area contributed by atoms with Gasteiger partial charge in [0.05, 0.1) is 5.97 Å². The lowest BCUT2D eigenvalue weighted by atomic mass is 10.0. The lowest BCUT2D eigenvalue weighted by Gasteiger charge is -2.10. The molecule has 0 saturated carbocycles. The van der Waals surface area contributed by atoms with Crippen LogP contribution < -0.4 is 16.6 Å². The molecule has 8 heteroatoms. The number of thioether (sulfide) groups is 1. The van der Waals surface area contributed by atoms with Crippen LogP contribution >= 0.6 is 23.1 Å². The maximum absolute atomic E-state index is 10.6. The number of aliphatic carboxylic acids is 1. The van der Waals surface area contributed by atoms with Crippen LogP contribution in [0.25, 0.3) is 27.8 Å². The Bertz CT molecular complexity index is 1530. The van der Waals surface area contributed by atoms with E-state index in [0.29, 0.717) is 5.13 Å². The highest BCUT2D eigenvalue weighted by Crippen LogP contribution is 2.33. The summed E-state index contributed by atoms with van der Waals surface area (Å²) in [5.41, 5.74) is 6.42. The Hall–Kier alpha value is -4.24. The number of nitrogens with one attached hydrogen (secondary N) is 1. The van der Waals surface area contributed by atoms with Gasteiger partial charge in [-0.2, -0.15) is 0 Å². The fourth-order valence-electron chi connectivity index (χ4n) is 3.79. The topological polar surface area (TPSA) is 114 Å². The van der Waals surface area contributed by atoms with Crippen LogP contribution in [-0.4, -0.2) is 16.2 Å². The third kappa shape index (κ3) is 6.95. The maximum atomic E-state index is 10.6. The molecular weight excluding hydrogens is 512 g/mol. The Morgan fingerprint density at radius 1 is 0.868 bits per heavy atom. The molecule has 0 saturated heterocycles. The van der Waals surface area contributed by atoms with Gasteiger partial charge >= 0.3 is 0 Å². The molecule has 0 bridgehead atoms. The predicted molar refractivity (Wildman–Crippen MR) is 157 cm³/mol. The standard InChI is InChI=1S/C30H23N3O2S2.H3N/c34-28(35)18-15-21-13-16-23(17-14-21)29-32-33-30(37-29)31-25-10-6-11-26(19-25)36-20-24-9-4-5-12-27(24)22-7-2-1-3-8-22;/h1-19H,20H2,(H,31,33)(H,34,35);1H3/b18-15+;. The van der Waals surface area contributed by atoms with Crippen molar-refractivity contribution in [3.05, 3.63) is 120 Å². The van der Waals surface area contributed by atoms with Crippen molar-refractivity contribution < 1.29 is 9.90 Å². The second-order valence-electron chi connectivity index (χ2n) is 8.15. The smallest absolute Gasteiger partial charge is 0.210 e. The van der Waals surface area contributed by atoms with Gasteiger partial charge in [0.25, 0.3) is 0 Å². The van der Waals surface area contributed by atoms with Gasteiger partial charge in [-0.15, -0.1) is 22.0 Å². The fourth-order valence-corrected chi connectivity index (χ4v) is 5.51. The summed E-state index contributed by atoms with van der Waals surface area (Å²) in [6.45, 7) is 0. The lowest BCUT2D eigenvalue weighted by molar-refractivity contribution is -0.297. The molecule has 5 aromatic rings. The number of carboxylic acids is 1. The first-order valence-corrected chi connectivity index (χ1v) is 13.4. The van der Waals surface area contributed by atoms with E-state index in [1.807, 2.05) is 42.5 Å². The summed E-state index contributed by atoms with van der Waals surface area (Å²) in [5, 5.41) is 24.0. The van der Waals surface area contributed by atoms with Crippen LogP contribution in [-0.2, 0) is 10.5 Å². The summed E-state index contributed by atoms with van der Waals surface area (Å²) in [4.78, 5) is 11.7. The van der Waals surface area contributed by atoms with Crippen LogP contribution in [0.2, 0.25) is 0 Å². The second kappa shape index (κ2) is 12.8. The molecule has 1 aromatic heterocycles. The van der Waals surface area contributed by atoms with E-state index in [0.717, 1.165) is 38.5 Å². The van der Waals surface area contributed by atoms with E-state index in [2.05, 4.69) is 76.2 Å². The molecule has 38 heavy (non-hydrogen) atoms. The van der Waals surface area contributed by atoms with Gasteiger partial charge in [0.15, 0.2) is 0 Å². The van der Waals surface area contributed by atoms with Crippen LogP contribution in [0.3, 0.4) is 0 Å². The molecule has 5 N–H and O–H groups in total. The predicted octanol–water partition coefficient (Wildman–Crippen LogP) is 7.05. The van der Waals surface area contributed by atoms with Gasteiger partial charge in [-0.1, -0.05) is 102 Å². The van der Waals surface area contributed by atoms with Gasteiger partial charge < -0.3 is 21.4 Å². The average molecular weight is 539 g/mol. The van der Waals surface area contributed by atoms with Crippen molar-refractivity contribution in [3.63, 3.8) is 0 Å². The number of carbonyl (C=O) groups excluding carboxylic acids is 1. The Morgan fingerprint density at radius 2 is 1.63 bits per heavy atom. The summed E-state index contributed by atoms with van der Waals surface area (Å²) in [6, 6.07) is 34.7. The monoisotopic (exact) mass is 538 g/mol. The van der Waals surface area contributed by atoms with Crippen molar-refractivity contribution >= 4 is 46.0 Å². The summed E-state index contributed by atoms with van der Waals surface area (Å²) in [7, 11) is 0. The number of hydrogen-bond acceptors (Lipinski definition) is 7. The molecule has 1 heterocycles. The molecule has 0 atom stereocenters. The molecule has 190 valence electrons. The van der Waals surface area contributed by atoms with E-state index < -0.39 is 5.97 Å². The van der Waals surface area contributed by atoms with Crippen LogP contribution in [0.15, 0.2) is 114 Å². The molecule has 6 nitrogen and oxygen atoms in total. The minimum atomic E-state index is -1.22. The second-order valence-corrected chi connectivity index (χ2v) is 10.2. The Kier molecular flexibility index (Phi) is 9.05. The zero-order valence-electron chi connectivity index (χ0n) is 20.7. The molecule has 0 aliphatic heterocycles. The molecule has 0 fully saturated rings. The molecule has 0 aliphatic rings. The van der Waals surface area contributed by atoms with Crippen molar-refractivity contribution in [2.75, 3.05) is 5.32 Å². The Labute approximate surface area is 229 Å². The minimum absolute atomic E-state index is 0. The molecular formula is C30H26N4O2S2. The number of anilines is 2. The summed E-state index contributed by atoms with van der Waals surface area (Å²) in [6.07, 6.45) is 2.51. The normalized spacial score (nSPS) is 10.7. The number of carbonyl (C=O) groups is 1.